The van der Waals surface area contributed by atoms with Gasteiger partial charge < -0.3 is 5.73 Å². The number of aromatic nitrogens is 2. The molecule has 0 aliphatic heterocycles. The largest absolute Gasteiger partial charge is 0.375 e. The van der Waals surface area contributed by atoms with E-state index >= 15 is 0 Å². The fraction of sp³-hybridized carbons (Fsp3) is 0.154. The van der Waals surface area contributed by atoms with Gasteiger partial charge in [0.25, 0.3) is 0 Å². The minimum atomic E-state index is 0.0697. The van der Waals surface area contributed by atoms with Crippen LogP contribution in [0.3, 0.4) is 0 Å². The van der Waals surface area contributed by atoms with Crippen molar-refractivity contribution in [3.8, 4) is 0 Å². The average Bonchev–Trinajstić information content (AvgIpc) is 2.70. The van der Waals surface area contributed by atoms with Gasteiger partial charge in [-0.15, -0.1) is 0 Å². The topological polar surface area (TPSA) is 68.2 Å². The van der Waals surface area contributed by atoms with Crippen LogP contribution in [0.25, 0.3) is 0 Å². The second kappa shape index (κ2) is 7.28. The van der Waals surface area contributed by atoms with Crippen molar-refractivity contribution in [1.82, 2.24) is 15.2 Å². The summed E-state index contributed by atoms with van der Waals surface area (Å²) < 4.78 is 1.60. The molecule has 1 heterocycles. The molecular formula is C13H12Cl3N5S. The normalized spacial score (nSPS) is 11.1. The maximum Gasteiger partial charge on any atom is 0.184 e. The molecule has 0 amide bonds. The highest BCUT2D eigenvalue weighted by Gasteiger charge is 2.14. The highest BCUT2D eigenvalue weighted by molar-refractivity contribution is 7.80. The third kappa shape index (κ3) is 3.89. The standard InChI is InChI=1S/C13H12Cl3N5S/c1-7-8(5-18-19-13(17)22)12(16)21(20-7)6-9-10(14)3-2-4-11(9)15/h2-5H,6H2,1H3,(H3,17,19,22)/b18-5-. The van der Waals surface area contributed by atoms with Crippen LogP contribution in [0.4, 0.5) is 0 Å². The summed E-state index contributed by atoms with van der Waals surface area (Å²) in [7, 11) is 0. The highest BCUT2D eigenvalue weighted by atomic mass is 35.5. The monoisotopic (exact) mass is 375 g/mol. The number of rotatable bonds is 4. The molecule has 116 valence electrons. The van der Waals surface area contributed by atoms with Crippen LogP contribution in [-0.2, 0) is 6.54 Å². The Labute approximate surface area is 148 Å². The summed E-state index contributed by atoms with van der Waals surface area (Å²) in [5.41, 5.74) is 9.88. The van der Waals surface area contributed by atoms with E-state index in [9.17, 15) is 0 Å². The second-order valence-electron chi connectivity index (χ2n) is 4.38. The predicted octanol–water partition coefficient (Wildman–Crippen LogP) is 3.37. The van der Waals surface area contributed by atoms with Crippen molar-refractivity contribution in [1.29, 1.82) is 0 Å². The summed E-state index contributed by atoms with van der Waals surface area (Å²) in [6.07, 6.45) is 1.51. The van der Waals surface area contributed by atoms with Crippen molar-refractivity contribution in [2.75, 3.05) is 0 Å². The third-order valence-electron chi connectivity index (χ3n) is 2.85. The predicted molar refractivity (Wildman–Crippen MR) is 95.1 cm³/mol. The van der Waals surface area contributed by atoms with Gasteiger partial charge in [-0.3, -0.25) is 5.43 Å². The summed E-state index contributed by atoms with van der Waals surface area (Å²) in [4.78, 5) is 0. The molecule has 2 aromatic rings. The van der Waals surface area contributed by atoms with Gasteiger partial charge in [-0.05, 0) is 31.3 Å². The number of thiocarbonyl (C=S) groups is 1. The van der Waals surface area contributed by atoms with E-state index in [1.54, 1.807) is 22.9 Å². The molecule has 0 saturated carbocycles. The molecule has 0 aliphatic carbocycles. The lowest BCUT2D eigenvalue weighted by atomic mass is 10.2. The number of hydrogen-bond acceptors (Lipinski definition) is 3. The Bertz CT molecular complexity index is 721. The van der Waals surface area contributed by atoms with Crippen molar-refractivity contribution < 1.29 is 0 Å². The van der Waals surface area contributed by atoms with Gasteiger partial charge in [0.15, 0.2) is 5.11 Å². The van der Waals surface area contributed by atoms with E-state index in [-0.39, 0.29) is 5.11 Å². The van der Waals surface area contributed by atoms with Crippen LogP contribution in [0.5, 0.6) is 0 Å². The molecule has 0 radical (unpaired) electrons. The first kappa shape index (κ1) is 17.0. The number of halogens is 3. The fourth-order valence-corrected chi connectivity index (χ4v) is 2.66. The highest BCUT2D eigenvalue weighted by Crippen LogP contribution is 2.27. The lowest BCUT2D eigenvalue weighted by Gasteiger charge is -2.08. The number of nitrogens with zero attached hydrogens (tertiary/aromatic N) is 3. The SMILES string of the molecule is Cc1nn(Cc2c(Cl)cccc2Cl)c(Cl)c1/C=N\NC(N)=S. The van der Waals surface area contributed by atoms with Gasteiger partial charge >= 0.3 is 0 Å². The number of hydrogen-bond donors (Lipinski definition) is 2. The number of nitrogens with one attached hydrogen (secondary N) is 1. The average molecular weight is 377 g/mol. The Morgan fingerprint density at radius 1 is 1.41 bits per heavy atom. The number of hydrazone groups is 1. The summed E-state index contributed by atoms with van der Waals surface area (Å²) in [6.45, 7) is 2.17. The van der Waals surface area contributed by atoms with Crippen LogP contribution in [0.15, 0.2) is 23.3 Å². The van der Waals surface area contributed by atoms with Crippen molar-refractivity contribution in [3.05, 3.63) is 50.2 Å². The van der Waals surface area contributed by atoms with Gasteiger partial charge in [0, 0.05) is 15.6 Å². The van der Waals surface area contributed by atoms with E-state index in [0.717, 1.165) is 5.56 Å². The van der Waals surface area contributed by atoms with E-state index in [4.69, 9.17) is 40.5 Å². The Kier molecular flexibility index (Phi) is 5.63. The van der Waals surface area contributed by atoms with E-state index in [1.165, 1.54) is 6.21 Å². The molecular weight excluding hydrogens is 365 g/mol. The van der Waals surface area contributed by atoms with Gasteiger partial charge in [0.2, 0.25) is 0 Å². The number of nitrogens with two attached hydrogens (primary N) is 1. The van der Waals surface area contributed by atoms with Gasteiger partial charge in [-0.25, -0.2) is 4.68 Å². The van der Waals surface area contributed by atoms with Crippen molar-refractivity contribution >= 4 is 58.3 Å². The minimum absolute atomic E-state index is 0.0697. The summed E-state index contributed by atoms with van der Waals surface area (Å²) in [5, 5.41) is 9.86. The maximum absolute atomic E-state index is 6.33. The molecule has 0 saturated heterocycles. The zero-order valence-electron chi connectivity index (χ0n) is 11.5. The summed E-state index contributed by atoms with van der Waals surface area (Å²) in [5.74, 6) is 0. The zero-order valence-corrected chi connectivity index (χ0v) is 14.6. The first-order valence-corrected chi connectivity index (χ1v) is 7.68. The van der Waals surface area contributed by atoms with Gasteiger partial charge in [-0.1, -0.05) is 40.9 Å². The zero-order chi connectivity index (χ0) is 16.3. The molecule has 22 heavy (non-hydrogen) atoms. The molecule has 0 bridgehead atoms. The van der Waals surface area contributed by atoms with Gasteiger partial charge in [0.05, 0.1) is 24.0 Å². The van der Waals surface area contributed by atoms with Gasteiger partial charge in [0.1, 0.15) is 5.15 Å². The van der Waals surface area contributed by atoms with Crippen LogP contribution < -0.4 is 11.2 Å². The van der Waals surface area contributed by atoms with Crippen LogP contribution in [0.1, 0.15) is 16.8 Å². The number of aryl methyl sites for hydroxylation is 1. The summed E-state index contributed by atoms with van der Waals surface area (Å²) in [6, 6.07) is 5.31. The van der Waals surface area contributed by atoms with E-state index in [1.807, 2.05) is 6.92 Å². The lowest BCUT2D eigenvalue weighted by molar-refractivity contribution is 0.680. The molecule has 5 nitrogen and oxygen atoms in total. The van der Waals surface area contributed by atoms with Crippen molar-refractivity contribution in [3.63, 3.8) is 0 Å². The van der Waals surface area contributed by atoms with E-state index in [2.05, 4.69) is 27.8 Å². The Morgan fingerprint density at radius 2 is 2.05 bits per heavy atom. The fourth-order valence-electron chi connectivity index (χ4n) is 1.81. The third-order valence-corrected chi connectivity index (χ3v) is 4.05. The maximum atomic E-state index is 6.33. The molecule has 2 rings (SSSR count). The molecule has 0 atom stereocenters. The minimum Gasteiger partial charge on any atom is -0.375 e. The summed E-state index contributed by atoms with van der Waals surface area (Å²) >= 11 is 23.3. The molecule has 0 spiro atoms. The van der Waals surface area contributed by atoms with Crippen molar-refractivity contribution in [2.24, 2.45) is 10.8 Å². The molecule has 3 N–H and O–H groups in total. The second-order valence-corrected chi connectivity index (χ2v) is 5.99. The quantitative estimate of drug-likeness (QED) is 0.488. The smallest absolute Gasteiger partial charge is 0.184 e. The molecule has 0 fully saturated rings. The molecule has 0 aliphatic rings. The van der Waals surface area contributed by atoms with E-state index in [0.29, 0.717) is 33.0 Å². The first-order chi connectivity index (χ1) is 10.4. The Balaban J connectivity index is 2.30. The Morgan fingerprint density at radius 3 is 2.64 bits per heavy atom. The van der Waals surface area contributed by atoms with Crippen LogP contribution in [0.2, 0.25) is 15.2 Å². The van der Waals surface area contributed by atoms with E-state index < -0.39 is 0 Å². The lowest BCUT2D eigenvalue weighted by Crippen LogP contribution is -2.24. The van der Waals surface area contributed by atoms with Crippen molar-refractivity contribution in [2.45, 2.75) is 13.5 Å². The Hall–Kier alpha value is -1.34. The first-order valence-electron chi connectivity index (χ1n) is 6.14. The number of benzene rings is 1. The van der Waals surface area contributed by atoms with Crippen LogP contribution in [0, 0.1) is 6.92 Å². The van der Waals surface area contributed by atoms with Crippen LogP contribution >= 0.6 is 47.0 Å². The molecule has 1 aromatic heterocycles. The van der Waals surface area contributed by atoms with Gasteiger partial charge in [-0.2, -0.15) is 10.2 Å². The molecule has 1 aromatic carbocycles. The molecule has 9 heteroatoms. The molecule has 0 unspecified atom stereocenters. The van der Waals surface area contributed by atoms with Crippen LogP contribution in [-0.4, -0.2) is 21.1 Å².